The summed E-state index contributed by atoms with van der Waals surface area (Å²) in [4.78, 5) is 39.0. The molecule has 4 atom stereocenters. The second-order valence-corrected chi connectivity index (χ2v) is 6.70. The van der Waals surface area contributed by atoms with Crippen LogP contribution in [0.15, 0.2) is 24.3 Å². The Morgan fingerprint density at radius 2 is 1.68 bits per heavy atom. The predicted molar refractivity (Wildman–Crippen MR) is 81.1 cm³/mol. The Balaban J connectivity index is 1.72. The fourth-order valence-electron chi connectivity index (χ4n) is 4.52. The number of carbonyl (C=O) groups is 3. The molecule has 4 fully saturated rings. The van der Waals surface area contributed by atoms with Gasteiger partial charge in [0.05, 0.1) is 17.5 Å². The van der Waals surface area contributed by atoms with Crippen LogP contribution in [0.3, 0.4) is 0 Å². The molecule has 3 saturated carbocycles. The third-order valence-electron chi connectivity index (χ3n) is 5.67. The molecule has 1 heterocycles. The first-order valence-electron chi connectivity index (χ1n) is 8.11. The summed E-state index contributed by atoms with van der Waals surface area (Å²) in [5, 5.41) is 0. The molecule has 4 heteroatoms. The molecule has 1 aromatic carbocycles. The molecular formula is C18H19NO3. The quantitative estimate of drug-likeness (QED) is 0.787. The first-order chi connectivity index (χ1) is 10.6. The van der Waals surface area contributed by atoms with Crippen molar-refractivity contribution in [3.63, 3.8) is 0 Å². The molecule has 4 aliphatic rings. The highest BCUT2D eigenvalue weighted by Gasteiger charge is 2.60. The maximum Gasteiger partial charge on any atom is 0.238 e. The van der Waals surface area contributed by atoms with E-state index in [1.165, 1.54) is 10.5 Å². The van der Waals surface area contributed by atoms with Crippen LogP contribution in [-0.4, -0.2) is 17.6 Å². The fraction of sp³-hybridized carbons (Fsp3) is 0.500. The number of aryl methyl sites for hydroxylation is 1. The van der Waals surface area contributed by atoms with Crippen LogP contribution in [0.25, 0.3) is 0 Å². The molecule has 0 unspecified atom stereocenters. The summed E-state index contributed by atoms with van der Waals surface area (Å²) in [5.41, 5.74) is 1.82. The molecule has 1 saturated heterocycles. The van der Waals surface area contributed by atoms with Crippen molar-refractivity contribution in [2.45, 2.75) is 32.6 Å². The van der Waals surface area contributed by atoms with Gasteiger partial charge in [0.1, 0.15) is 5.78 Å². The molecule has 3 aliphatic carbocycles. The Kier molecular flexibility index (Phi) is 2.96. The average molecular weight is 297 g/mol. The van der Waals surface area contributed by atoms with Gasteiger partial charge < -0.3 is 0 Å². The van der Waals surface area contributed by atoms with E-state index in [4.69, 9.17) is 0 Å². The Morgan fingerprint density at radius 1 is 1.00 bits per heavy atom. The van der Waals surface area contributed by atoms with E-state index in [0.717, 1.165) is 19.3 Å². The van der Waals surface area contributed by atoms with E-state index in [2.05, 4.69) is 6.92 Å². The number of fused-ring (bicyclic) bond motifs is 2. The van der Waals surface area contributed by atoms with Crippen molar-refractivity contribution in [3.05, 3.63) is 29.8 Å². The number of rotatable bonds is 2. The van der Waals surface area contributed by atoms with Crippen LogP contribution >= 0.6 is 0 Å². The minimum absolute atomic E-state index is 0.0684. The van der Waals surface area contributed by atoms with Crippen LogP contribution in [-0.2, 0) is 20.8 Å². The molecule has 114 valence electrons. The summed E-state index contributed by atoms with van der Waals surface area (Å²) in [6, 6.07) is 7.60. The number of hydrogen-bond acceptors (Lipinski definition) is 3. The summed E-state index contributed by atoms with van der Waals surface area (Å²) >= 11 is 0. The normalized spacial score (nSPS) is 33.5. The van der Waals surface area contributed by atoms with E-state index in [1.54, 1.807) is 0 Å². The molecule has 4 nitrogen and oxygen atoms in total. The van der Waals surface area contributed by atoms with E-state index < -0.39 is 5.92 Å². The highest BCUT2D eigenvalue weighted by Crippen LogP contribution is 2.52. The zero-order valence-corrected chi connectivity index (χ0v) is 12.6. The van der Waals surface area contributed by atoms with Crippen molar-refractivity contribution >= 4 is 23.3 Å². The van der Waals surface area contributed by atoms with Crippen LogP contribution in [0.2, 0.25) is 0 Å². The first kappa shape index (κ1) is 13.7. The molecule has 5 rings (SSSR count). The van der Waals surface area contributed by atoms with Crippen molar-refractivity contribution in [1.82, 2.24) is 0 Å². The van der Waals surface area contributed by atoms with Gasteiger partial charge in [-0.2, -0.15) is 0 Å². The molecule has 0 radical (unpaired) electrons. The van der Waals surface area contributed by atoms with Crippen molar-refractivity contribution in [2.75, 3.05) is 4.90 Å². The lowest BCUT2D eigenvalue weighted by Gasteiger charge is -2.41. The van der Waals surface area contributed by atoms with Gasteiger partial charge in [0.2, 0.25) is 11.8 Å². The van der Waals surface area contributed by atoms with E-state index in [9.17, 15) is 14.4 Å². The Hall–Kier alpha value is -1.97. The highest BCUT2D eigenvalue weighted by atomic mass is 16.2. The molecule has 1 aliphatic heterocycles. The van der Waals surface area contributed by atoms with Gasteiger partial charge in [-0.1, -0.05) is 19.1 Å². The van der Waals surface area contributed by atoms with Gasteiger partial charge in [-0.25, -0.2) is 0 Å². The predicted octanol–water partition coefficient (Wildman–Crippen LogP) is 2.35. The second kappa shape index (κ2) is 4.77. The number of anilines is 1. The number of carbonyl (C=O) groups excluding carboxylic acids is 3. The number of imide groups is 1. The molecule has 2 amide bonds. The smallest absolute Gasteiger partial charge is 0.238 e. The number of Topliss-reactive ketones (excluding diaryl/α,β-unsaturated/α-hetero) is 1. The van der Waals surface area contributed by atoms with Crippen LogP contribution in [0.5, 0.6) is 0 Å². The number of nitrogens with zero attached hydrogens (tertiary/aromatic N) is 1. The van der Waals surface area contributed by atoms with Gasteiger partial charge in [0, 0.05) is 12.3 Å². The van der Waals surface area contributed by atoms with E-state index in [1.807, 2.05) is 24.3 Å². The molecule has 1 aromatic rings. The summed E-state index contributed by atoms with van der Waals surface area (Å²) in [7, 11) is 0. The molecule has 0 spiro atoms. The zero-order chi connectivity index (χ0) is 15.4. The summed E-state index contributed by atoms with van der Waals surface area (Å²) in [5.74, 6) is -0.913. The lowest BCUT2D eigenvalue weighted by Crippen LogP contribution is -2.46. The minimum atomic E-state index is -0.404. The third-order valence-corrected chi connectivity index (χ3v) is 5.67. The zero-order valence-electron chi connectivity index (χ0n) is 12.6. The topological polar surface area (TPSA) is 54.5 Å². The number of ketones is 1. The van der Waals surface area contributed by atoms with Gasteiger partial charge in [-0.3, -0.25) is 19.3 Å². The standard InChI is InChI=1S/C18H19NO3/c1-2-10-3-6-12(7-4-10)19-17(21)15-11-5-8-13(14(20)9-11)16(15)18(19)22/h3-4,6-7,11,13,15-16H,2,5,8-9H2,1H3/t11-,13+,15+,16-/m0/s1. The van der Waals surface area contributed by atoms with Gasteiger partial charge in [-0.15, -0.1) is 0 Å². The summed E-state index contributed by atoms with van der Waals surface area (Å²) in [6.07, 6.45) is 3.07. The van der Waals surface area contributed by atoms with Crippen molar-refractivity contribution in [3.8, 4) is 0 Å². The minimum Gasteiger partial charge on any atom is -0.299 e. The van der Waals surface area contributed by atoms with Crippen LogP contribution in [0.1, 0.15) is 31.7 Å². The van der Waals surface area contributed by atoms with Crippen LogP contribution in [0, 0.1) is 23.7 Å². The first-order valence-corrected chi connectivity index (χ1v) is 8.11. The lowest BCUT2D eigenvalue weighted by atomic mass is 9.59. The van der Waals surface area contributed by atoms with E-state index in [0.29, 0.717) is 12.1 Å². The lowest BCUT2D eigenvalue weighted by molar-refractivity contribution is -0.143. The molecule has 22 heavy (non-hydrogen) atoms. The molecule has 0 N–H and O–H groups in total. The van der Waals surface area contributed by atoms with E-state index in [-0.39, 0.29) is 35.4 Å². The van der Waals surface area contributed by atoms with Gasteiger partial charge in [0.25, 0.3) is 0 Å². The molecular weight excluding hydrogens is 278 g/mol. The summed E-state index contributed by atoms with van der Waals surface area (Å²) in [6.45, 7) is 2.07. The van der Waals surface area contributed by atoms with E-state index >= 15 is 0 Å². The molecule has 0 aromatic heterocycles. The Labute approximate surface area is 129 Å². The number of amides is 2. The number of benzene rings is 1. The maximum atomic E-state index is 12.8. The Bertz CT molecular complexity index is 663. The van der Waals surface area contributed by atoms with Gasteiger partial charge in [0.15, 0.2) is 0 Å². The summed E-state index contributed by atoms with van der Waals surface area (Å²) < 4.78 is 0. The van der Waals surface area contributed by atoms with Gasteiger partial charge >= 0.3 is 0 Å². The highest BCUT2D eigenvalue weighted by molar-refractivity contribution is 6.23. The van der Waals surface area contributed by atoms with Crippen molar-refractivity contribution in [1.29, 1.82) is 0 Å². The van der Waals surface area contributed by atoms with Crippen LogP contribution < -0.4 is 4.90 Å². The monoisotopic (exact) mass is 297 g/mol. The fourth-order valence-corrected chi connectivity index (χ4v) is 4.52. The third kappa shape index (κ3) is 1.73. The average Bonchev–Trinajstić information content (AvgIpc) is 2.81. The van der Waals surface area contributed by atoms with Crippen molar-refractivity contribution < 1.29 is 14.4 Å². The second-order valence-electron chi connectivity index (χ2n) is 6.70. The van der Waals surface area contributed by atoms with Crippen molar-refractivity contribution in [2.24, 2.45) is 23.7 Å². The van der Waals surface area contributed by atoms with Gasteiger partial charge in [-0.05, 0) is 42.9 Å². The molecule has 2 bridgehead atoms. The number of hydrogen-bond donors (Lipinski definition) is 0. The largest absolute Gasteiger partial charge is 0.299 e. The van der Waals surface area contributed by atoms with Crippen LogP contribution in [0.4, 0.5) is 5.69 Å². The Morgan fingerprint density at radius 3 is 2.32 bits per heavy atom. The SMILES string of the molecule is CCc1ccc(N2C(=O)[C@@H]3[C@H]4CC[C@H](C(=O)C4)[C@@H]3C2=O)cc1. The maximum absolute atomic E-state index is 12.8.